The highest BCUT2D eigenvalue weighted by Crippen LogP contribution is 2.26. The van der Waals surface area contributed by atoms with Crippen molar-refractivity contribution in [2.24, 2.45) is 0 Å². The number of rotatable bonds is 5. The molecular weight excluding hydrogens is 332 g/mol. The first-order valence-corrected chi connectivity index (χ1v) is 8.22. The van der Waals surface area contributed by atoms with E-state index >= 15 is 0 Å². The lowest BCUT2D eigenvalue weighted by molar-refractivity contribution is 0.112. The first-order valence-electron chi connectivity index (χ1n) is 5.77. The fourth-order valence-electron chi connectivity index (χ4n) is 1.27. The zero-order valence-corrected chi connectivity index (χ0v) is 13.5. The molecule has 106 valence electrons. The van der Waals surface area contributed by atoms with Crippen LogP contribution in [0.4, 0.5) is 0 Å². The maximum atomic E-state index is 11.9. The van der Waals surface area contributed by atoms with Crippen LogP contribution in [-0.2, 0) is 9.84 Å². The molecule has 0 N–H and O–H groups in total. The summed E-state index contributed by atoms with van der Waals surface area (Å²) in [6.07, 6.45) is 0.735. The second-order valence-electron chi connectivity index (χ2n) is 5.09. The molecule has 1 aromatic carbocycles. The van der Waals surface area contributed by atoms with Crippen molar-refractivity contribution in [3.63, 3.8) is 0 Å². The predicted octanol–water partition coefficient (Wildman–Crippen LogP) is 2.85. The van der Waals surface area contributed by atoms with Crippen molar-refractivity contribution in [3.8, 4) is 5.75 Å². The van der Waals surface area contributed by atoms with Gasteiger partial charge in [0, 0.05) is 5.56 Å². The van der Waals surface area contributed by atoms with Crippen LogP contribution in [0.2, 0.25) is 0 Å². The molecule has 0 fully saturated rings. The SMILES string of the molecule is CC(C)(C)S(=O)(=O)CCOc1ccc(C=O)cc1Br. The molecule has 0 unspecified atom stereocenters. The van der Waals surface area contributed by atoms with Crippen molar-refractivity contribution < 1.29 is 17.9 Å². The summed E-state index contributed by atoms with van der Waals surface area (Å²) in [5.74, 6) is 0.480. The first-order chi connectivity index (χ1) is 8.67. The molecule has 0 spiro atoms. The smallest absolute Gasteiger partial charge is 0.158 e. The van der Waals surface area contributed by atoms with Crippen molar-refractivity contribution >= 4 is 32.1 Å². The largest absolute Gasteiger partial charge is 0.491 e. The maximum absolute atomic E-state index is 11.9. The van der Waals surface area contributed by atoms with Crippen molar-refractivity contribution in [1.82, 2.24) is 0 Å². The number of carbonyl (C=O) groups excluding carboxylic acids is 1. The highest BCUT2D eigenvalue weighted by atomic mass is 79.9. The summed E-state index contributed by atoms with van der Waals surface area (Å²) in [6.45, 7) is 5.07. The summed E-state index contributed by atoms with van der Waals surface area (Å²) in [4.78, 5) is 10.6. The van der Waals surface area contributed by atoms with Crippen LogP contribution >= 0.6 is 15.9 Å². The topological polar surface area (TPSA) is 60.4 Å². The molecule has 0 aromatic heterocycles. The molecule has 4 nitrogen and oxygen atoms in total. The molecule has 0 heterocycles. The highest BCUT2D eigenvalue weighted by Gasteiger charge is 2.28. The van der Waals surface area contributed by atoms with Gasteiger partial charge in [0.25, 0.3) is 0 Å². The molecule has 0 saturated carbocycles. The van der Waals surface area contributed by atoms with Crippen molar-refractivity contribution in [1.29, 1.82) is 0 Å². The third-order valence-electron chi connectivity index (χ3n) is 2.63. The lowest BCUT2D eigenvalue weighted by atomic mass is 10.2. The van der Waals surface area contributed by atoms with Gasteiger partial charge in [-0.1, -0.05) is 0 Å². The van der Waals surface area contributed by atoms with E-state index in [1.165, 1.54) is 0 Å². The van der Waals surface area contributed by atoms with E-state index in [4.69, 9.17) is 4.74 Å². The summed E-state index contributed by atoms with van der Waals surface area (Å²) >= 11 is 3.27. The third kappa shape index (κ3) is 4.31. The van der Waals surface area contributed by atoms with E-state index in [1.807, 2.05) is 0 Å². The van der Waals surface area contributed by atoms with Crippen LogP contribution in [0.15, 0.2) is 22.7 Å². The molecule has 0 aliphatic heterocycles. The van der Waals surface area contributed by atoms with Crippen molar-refractivity contribution in [2.75, 3.05) is 12.4 Å². The van der Waals surface area contributed by atoms with E-state index in [0.717, 1.165) is 6.29 Å². The molecule has 0 amide bonds. The summed E-state index contributed by atoms with van der Waals surface area (Å²) in [5, 5.41) is 0. The Kier molecular flexibility index (Phi) is 5.15. The van der Waals surface area contributed by atoms with Crippen LogP contribution in [0, 0.1) is 0 Å². The Balaban J connectivity index is 2.67. The fraction of sp³-hybridized carbons (Fsp3) is 0.462. The molecule has 0 radical (unpaired) electrons. The van der Waals surface area contributed by atoms with Gasteiger partial charge in [0.05, 0.1) is 15.0 Å². The number of sulfone groups is 1. The second kappa shape index (κ2) is 6.05. The molecule has 1 aromatic rings. The zero-order valence-electron chi connectivity index (χ0n) is 11.1. The monoisotopic (exact) mass is 348 g/mol. The second-order valence-corrected chi connectivity index (χ2v) is 8.80. The molecule has 0 aliphatic rings. The summed E-state index contributed by atoms with van der Waals surface area (Å²) < 4.78 is 29.1. The lowest BCUT2D eigenvalue weighted by Gasteiger charge is -2.19. The van der Waals surface area contributed by atoms with Crippen molar-refractivity contribution in [3.05, 3.63) is 28.2 Å². The normalized spacial score (nSPS) is 12.2. The molecule has 0 bridgehead atoms. The number of benzene rings is 1. The summed E-state index contributed by atoms with van der Waals surface area (Å²) in [5.41, 5.74) is 0.529. The Labute approximate surface area is 122 Å². The minimum absolute atomic E-state index is 0.0433. The number of hydrogen-bond donors (Lipinski definition) is 0. The summed E-state index contributed by atoms with van der Waals surface area (Å²) in [6, 6.07) is 4.88. The highest BCUT2D eigenvalue weighted by molar-refractivity contribution is 9.10. The van der Waals surface area contributed by atoms with Gasteiger partial charge in [0.15, 0.2) is 9.84 Å². The molecule has 0 saturated heterocycles. The quantitative estimate of drug-likeness (QED) is 0.767. The number of carbonyl (C=O) groups is 1. The van der Waals surface area contributed by atoms with Gasteiger partial charge < -0.3 is 4.74 Å². The Bertz CT molecular complexity index is 558. The lowest BCUT2D eigenvalue weighted by Crippen LogP contribution is -2.32. The van der Waals surface area contributed by atoms with Gasteiger partial charge in [0.2, 0.25) is 0 Å². The molecule has 0 aliphatic carbocycles. The number of halogens is 1. The first kappa shape index (κ1) is 16.2. The van der Waals surface area contributed by atoms with E-state index in [-0.39, 0.29) is 12.4 Å². The van der Waals surface area contributed by atoms with Crippen LogP contribution in [0.25, 0.3) is 0 Å². The van der Waals surface area contributed by atoms with E-state index < -0.39 is 14.6 Å². The van der Waals surface area contributed by atoms with Gasteiger partial charge in [-0.25, -0.2) is 8.42 Å². The van der Waals surface area contributed by atoms with E-state index in [1.54, 1.807) is 39.0 Å². The number of aldehydes is 1. The van der Waals surface area contributed by atoms with Gasteiger partial charge >= 0.3 is 0 Å². The molecule has 6 heteroatoms. The minimum Gasteiger partial charge on any atom is -0.491 e. The Hall–Kier alpha value is -0.880. The van der Waals surface area contributed by atoms with Gasteiger partial charge in [0.1, 0.15) is 18.6 Å². The van der Waals surface area contributed by atoms with E-state index in [0.29, 0.717) is 15.8 Å². The number of ether oxygens (including phenoxy) is 1. The number of hydrogen-bond acceptors (Lipinski definition) is 4. The van der Waals surface area contributed by atoms with E-state index in [9.17, 15) is 13.2 Å². The fourth-order valence-corrected chi connectivity index (χ4v) is 2.70. The van der Waals surface area contributed by atoms with Gasteiger partial charge in [-0.05, 0) is 54.9 Å². The van der Waals surface area contributed by atoms with Gasteiger partial charge in [-0.3, -0.25) is 4.79 Å². The Morgan fingerprint density at radius 2 is 1.95 bits per heavy atom. The third-order valence-corrected chi connectivity index (χ3v) is 5.82. The standard InChI is InChI=1S/C13H17BrO4S/c1-13(2,3)19(16,17)7-6-18-12-5-4-10(9-15)8-11(12)14/h4-5,8-9H,6-7H2,1-3H3. The molecule has 1 rings (SSSR count). The van der Waals surface area contributed by atoms with Crippen LogP contribution in [0.3, 0.4) is 0 Å². The van der Waals surface area contributed by atoms with Gasteiger partial charge in [-0.15, -0.1) is 0 Å². The Morgan fingerprint density at radius 1 is 1.32 bits per heavy atom. The average molecular weight is 349 g/mol. The van der Waals surface area contributed by atoms with Crippen LogP contribution in [-0.4, -0.2) is 31.8 Å². The van der Waals surface area contributed by atoms with Crippen LogP contribution < -0.4 is 4.74 Å². The Morgan fingerprint density at radius 3 is 2.42 bits per heavy atom. The minimum atomic E-state index is -3.19. The van der Waals surface area contributed by atoms with Crippen LogP contribution in [0.5, 0.6) is 5.75 Å². The van der Waals surface area contributed by atoms with E-state index in [2.05, 4.69) is 15.9 Å². The van der Waals surface area contributed by atoms with Crippen LogP contribution in [0.1, 0.15) is 31.1 Å². The molecular formula is C13H17BrO4S. The average Bonchev–Trinajstić information content (AvgIpc) is 2.29. The summed E-state index contributed by atoms with van der Waals surface area (Å²) in [7, 11) is -3.19. The van der Waals surface area contributed by atoms with Gasteiger partial charge in [-0.2, -0.15) is 0 Å². The molecule has 0 atom stereocenters. The molecule has 19 heavy (non-hydrogen) atoms. The van der Waals surface area contributed by atoms with Crippen molar-refractivity contribution in [2.45, 2.75) is 25.5 Å². The zero-order chi connectivity index (χ0) is 14.7. The predicted molar refractivity (Wildman–Crippen MR) is 78.6 cm³/mol. The maximum Gasteiger partial charge on any atom is 0.158 e.